The lowest BCUT2D eigenvalue weighted by atomic mass is 10.1. The average Bonchev–Trinajstić information content (AvgIpc) is 3.08. The largest absolute Gasteiger partial charge is 0.436 e. The molecule has 0 unspecified atom stereocenters. The minimum atomic E-state index is -0.341. The van der Waals surface area contributed by atoms with Gasteiger partial charge in [-0.3, -0.25) is 4.79 Å². The Hall–Kier alpha value is -2.82. The van der Waals surface area contributed by atoms with Gasteiger partial charge in [-0.2, -0.15) is 0 Å². The normalized spacial score (nSPS) is 10.8. The summed E-state index contributed by atoms with van der Waals surface area (Å²) in [6.07, 6.45) is 0. The third kappa shape index (κ3) is 3.29. The molecule has 0 spiro atoms. The van der Waals surface area contributed by atoms with Crippen molar-refractivity contribution >= 4 is 45.9 Å². The molecule has 0 saturated carbocycles. The number of benzene rings is 3. The average molecular weight is 383 g/mol. The molecule has 0 saturated heterocycles. The Bertz CT molecular complexity index is 1090. The molecule has 1 amide bonds. The van der Waals surface area contributed by atoms with Gasteiger partial charge in [0.05, 0.1) is 10.6 Å². The summed E-state index contributed by atoms with van der Waals surface area (Å²) in [6.45, 7) is 0. The summed E-state index contributed by atoms with van der Waals surface area (Å²) in [6, 6.07) is 19.6. The van der Waals surface area contributed by atoms with E-state index in [-0.39, 0.29) is 5.91 Å². The first-order valence-electron chi connectivity index (χ1n) is 7.82. The smallest absolute Gasteiger partial charge is 0.257 e. The highest BCUT2D eigenvalue weighted by Gasteiger charge is 2.13. The van der Waals surface area contributed by atoms with Gasteiger partial charge in [0, 0.05) is 16.3 Å². The lowest BCUT2D eigenvalue weighted by Gasteiger charge is -2.08. The molecule has 3 aromatic carbocycles. The van der Waals surface area contributed by atoms with Crippen LogP contribution in [0.15, 0.2) is 71.1 Å². The molecular formula is C20H12Cl2N2O2. The van der Waals surface area contributed by atoms with Crippen LogP contribution in [0.2, 0.25) is 10.0 Å². The molecule has 26 heavy (non-hydrogen) atoms. The van der Waals surface area contributed by atoms with Gasteiger partial charge in [0.2, 0.25) is 5.89 Å². The summed E-state index contributed by atoms with van der Waals surface area (Å²) in [5, 5.41) is 3.60. The number of hydrogen-bond donors (Lipinski definition) is 1. The number of amides is 1. The van der Waals surface area contributed by atoms with Crippen molar-refractivity contribution in [3.8, 4) is 11.5 Å². The SMILES string of the molecule is O=C(Nc1cccc(-c2nc3ccccc3o2)c1)c1cc(Cl)ccc1Cl. The summed E-state index contributed by atoms with van der Waals surface area (Å²) in [7, 11) is 0. The van der Waals surface area contributed by atoms with E-state index in [9.17, 15) is 4.79 Å². The second kappa shape index (κ2) is 6.83. The van der Waals surface area contributed by atoms with E-state index in [1.165, 1.54) is 6.07 Å². The second-order valence-corrected chi connectivity index (χ2v) is 6.49. The fourth-order valence-electron chi connectivity index (χ4n) is 2.60. The number of rotatable bonds is 3. The van der Waals surface area contributed by atoms with E-state index < -0.39 is 0 Å². The summed E-state index contributed by atoms with van der Waals surface area (Å²) in [5.74, 6) is 0.148. The Morgan fingerprint density at radius 3 is 2.65 bits per heavy atom. The molecule has 4 nitrogen and oxygen atoms in total. The first-order valence-corrected chi connectivity index (χ1v) is 8.58. The predicted octanol–water partition coefficient (Wildman–Crippen LogP) is 6.05. The summed E-state index contributed by atoms with van der Waals surface area (Å²) >= 11 is 12.0. The second-order valence-electron chi connectivity index (χ2n) is 5.65. The molecular weight excluding hydrogens is 371 g/mol. The Kier molecular flexibility index (Phi) is 4.37. The van der Waals surface area contributed by atoms with Crippen LogP contribution in [0.25, 0.3) is 22.6 Å². The van der Waals surface area contributed by atoms with Crippen LogP contribution in [0.3, 0.4) is 0 Å². The molecule has 4 rings (SSSR count). The number of para-hydroxylation sites is 2. The quantitative estimate of drug-likeness (QED) is 0.468. The maximum atomic E-state index is 12.5. The molecule has 4 aromatic rings. The Morgan fingerprint density at radius 2 is 1.81 bits per heavy atom. The molecule has 0 fully saturated rings. The molecule has 6 heteroatoms. The van der Waals surface area contributed by atoms with Crippen LogP contribution in [0.4, 0.5) is 5.69 Å². The third-order valence-electron chi connectivity index (χ3n) is 3.83. The molecule has 0 atom stereocenters. The number of anilines is 1. The highest BCUT2D eigenvalue weighted by molar-refractivity contribution is 6.36. The highest BCUT2D eigenvalue weighted by Crippen LogP contribution is 2.27. The van der Waals surface area contributed by atoms with E-state index in [0.29, 0.717) is 32.8 Å². The van der Waals surface area contributed by atoms with Crippen LogP contribution in [-0.4, -0.2) is 10.9 Å². The van der Waals surface area contributed by atoms with Gasteiger partial charge in [0.15, 0.2) is 5.58 Å². The molecule has 0 aliphatic rings. The van der Waals surface area contributed by atoms with Crippen molar-refractivity contribution in [1.82, 2.24) is 4.98 Å². The van der Waals surface area contributed by atoms with Crippen LogP contribution in [0.1, 0.15) is 10.4 Å². The van der Waals surface area contributed by atoms with Gasteiger partial charge in [-0.1, -0.05) is 41.4 Å². The van der Waals surface area contributed by atoms with Crippen molar-refractivity contribution in [2.24, 2.45) is 0 Å². The maximum absolute atomic E-state index is 12.5. The highest BCUT2D eigenvalue weighted by atomic mass is 35.5. The molecule has 0 radical (unpaired) electrons. The van der Waals surface area contributed by atoms with Gasteiger partial charge in [-0.15, -0.1) is 0 Å². The number of carbonyl (C=O) groups is 1. The fourth-order valence-corrected chi connectivity index (χ4v) is 2.97. The molecule has 128 valence electrons. The Balaban J connectivity index is 1.63. The lowest BCUT2D eigenvalue weighted by molar-refractivity contribution is 0.102. The maximum Gasteiger partial charge on any atom is 0.257 e. The molecule has 1 N–H and O–H groups in total. The predicted molar refractivity (Wildman–Crippen MR) is 104 cm³/mol. The molecule has 1 aromatic heterocycles. The van der Waals surface area contributed by atoms with Gasteiger partial charge >= 0.3 is 0 Å². The number of oxazole rings is 1. The van der Waals surface area contributed by atoms with E-state index in [4.69, 9.17) is 27.6 Å². The van der Waals surface area contributed by atoms with Gasteiger partial charge in [-0.05, 0) is 48.5 Å². The first kappa shape index (κ1) is 16.6. The number of fused-ring (bicyclic) bond motifs is 1. The minimum Gasteiger partial charge on any atom is -0.436 e. The van der Waals surface area contributed by atoms with Crippen molar-refractivity contribution in [2.75, 3.05) is 5.32 Å². The van der Waals surface area contributed by atoms with Gasteiger partial charge in [0.25, 0.3) is 5.91 Å². The number of carbonyl (C=O) groups excluding carboxylic acids is 1. The van der Waals surface area contributed by atoms with Crippen LogP contribution in [0, 0.1) is 0 Å². The van der Waals surface area contributed by atoms with Crippen molar-refractivity contribution < 1.29 is 9.21 Å². The van der Waals surface area contributed by atoms with Crippen molar-refractivity contribution in [3.05, 3.63) is 82.3 Å². The van der Waals surface area contributed by atoms with Crippen molar-refractivity contribution in [2.45, 2.75) is 0 Å². The van der Waals surface area contributed by atoms with Crippen LogP contribution < -0.4 is 5.32 Å². The zero-order valence-corrected chi connectivity index (χ0v) is 14.9. The van der Waals surface area contributed by atoms with Gasteiger partial charge in [-0.25, -0.2) is 4.98 Å². The molecule has 0 aliphatic carbocycles. The topological polar surface area (TPSA) is 55.1 Å². The van der Waals surface area contributed by atoms with Gasteiger partial charge in [0.1, 0.15) is 5.52 Å². The van der Waals surface area contributed by atoms with E-state index >= 15 is 0 Å². The van der Waals surface area contributed by atoms with E-state index in [0.717, 1.165) is 11.1 Å². The van der Waals surface area contributed by atoms with E-state index in [2.05, 4.69) is 10.3 Å². The number of aromatic nitrogens is 1. The summed E-state index contributed by atoms with van der Waals surface area (Å²) < 4.78 is 5.77. The lowest BCUT2D eigenvalue weighted by Crippen LogP contribution is -2.12. The van der Waals surface area contributed by atoms with Crippen LogP contribution in [0.5, 0.6) is 0 Å². The summed E-state index contributed by atoms with van der Waals surface area (Å²) in [5.41, 5.74) is 3.17. The number of nitrogens with one attached hydrogen (secondary N) is 1. The molecule has 1 heterocycles. The van der Waals surface area contributed by atoms with Crippen LogP contribution >= 0.6 is 23.2 Å². The number of halogens is 2. The zero-order chi connectivity index (χ0) is 18.1. The molecule has 0 bridgehead atoms. The number of hydrogen-bond acceptors (Lipinski definition) is 3. The zero-order valence-electron chi connectivity index (χ0n) is 13.4. The summed E-state index contributed by atoms with van der Waals surface area (Å²) in [4.78, 5) is 17.0. The monoisotopic (exact) mass is 382 g/mol. The Morgan fingerprint density at radius 1 is 0.962 bits per heavy atom. The standard InChI is InChI=1S/C20H12Cl2N2O2/c21-13-8-9-16(22)15(11-13)19(25)23-14-5-3-4-12(10-14)20-24-17-6-1-2-7-18(17)26-20/h1-11H,(H,23,25). The van der Waals surface area contributed by atoms with Crippen molar-refractivity contribution in [1.29, 1.82) is 0 Å². The third-order valence-corrected chi connectivity index (χ3v) is 4.40. The van der Waals surface area contributed by atoms with E-state index in [1.807, 2.05) is 36.4 Å². The first-order chi connectivity index (χ1) is 12.6. The minimum absolute atomic E-state index is 0.312. The van der Waals surface area contributed by atoms with Gasteiger partial charge < -0.3 is 9.73 Å². The van der Waals surface area contributed by atoms with E-state index in [1.54, 1.807) is 24.3 Å². The van der Waals surface area contributed by atoms with Crippen LogP contribution in [-0.2, 0) is 0 Å². The molecule has 0 aliphatic heterocycles. The Labute approximate surface area is 159 Å². The fraction of sp³-hybridized carbons (Fsp3) is 0. The number of nitrogens with zero attached hydrogens (tertiary/aromatic N) is 1. The van der Waals surface area contributed by atoms with Crippen molar-refractivity contribution in [3.63, 3.8) is 0 Å².